The Morgan fingerprint density at radius 3 is 1.83 bits per heavy atom. The minimum atomic E-state index is -0.347. The lowest BCUT2D eigenvalue weighted by Gasteiger charge is -1.86. The summed E-state index contributed by atoms with van der Waals surface area (Å²) in [6.45, 7) is 7.10. The summed E-state index contributed by atoms with van der Waals surface area (Å²) in [7, 11) is 0. The third-order valence-corrected chi connectivity index (χ3v) is 0.677. The predicted octanol–water partition coefficient (Wildman–Crippen LogP) is 1.03. The Kier molecular flexibility index (Phi) is 1.65. The van der Waals surface area contributed by atoms with Crippen molar-refractivity contribution in [2.24, 2.45) is 0 Å². The summed E-state index contributed by atoms with van der Waals surface area (Å²) in [5, 5.41) is 0. The molecule has 0 saturated heterocycles. The normalized spacial score (nSPS) is 11.2. The van der Waals surface area contributed by atoms with Crippen LogP contribution >= 0.6 is 0 Å². The smallest absolute Gasteiger partial charge is 0.000248 e. The molecule has 0 saturated carbocycles. The van der Waals surface area contributed by atoms with Crippen molar-refractivity contribution in [1.29, 1.82) is 0 Å². The van der Waals surface area contributed by atoms with Crippen molar-refractivity contribution in [3.05, 3.63) is 6.92 Å². The van der Waals surface area contributed by atoms with Gasteiger partial charge in [-0.1, -0.05) is 0 Å². The van der Waals surface area contributed by atoms with Crippen LogP contribution in [0.15, 0.2) is 0 Å². The van der Waals surface area contributed by atoms with Crippen molar-refractivity contribution in [3.63, 3.8) is 0 Å². The van der Waals surface area contributed by atoms with Gasteiger partial charge in [0.25, 0.3) is 0 Å². The van der Waals surface area contributed by atoms with Crippen LogP contribution in [0.4, 0.5) is 0 Å². The monoisotopic (exact) mass is 104 g/mol. The first-order valence-electron chi connectivity index (χ1n) is 1.72. The van der Waals surface area contributed by atoms with Gasteiger partial charge in [-0.05, 0) is 13.8 Å². The van der Waals surface area contributed by atoms with Crippen LogP contribution in [0.25, 0.3) is 0 Å². The second kappa shape index (κ2) is 1.65. The zero-order valence-electron chi connectivity index (χ0n) is 4.02. The lowest BCUT2D eigenvalue weighted by atomic mass is 10.3. The maximum Gasteiger partial charge on any atom is 0.464 e. The topological polar surface area (TPSA) is 17.1 Å². The van der Waals surface area contributed by atoms with Crippen LogP contribution in [0.1, 0.15) is 13.8 Å². The first-order valence-corrected chi connectivity index (χ1v) is 2.47. The second-order valence-corrected chi connectivity index (χ2v) is 3.11. The average molecular weight is 104 g/mol. The Hall–Kier alpha value is 0.0200. The van der Waals surface area contributed by atoms with E-state index in [-0.39, 0.29) is 4.75 Å². The molecule has 0 unspecified atom stereocenters. The summed E-state index contributed by atoms with van der Waals surface area (Å²) in [5.41, 5.74) is 0. The van der Waals surface area contributed by atoms with Crippen molar-refractivity contribution in [3.8, 4) is 0 Å². The van der Waals surface area contributed by atoms with Gasteiger partial charge in [-0.2, -0.15) is 0 Å². The molecule has 0 spiro atoms. The number of hydrogen-bond donors (Lipinski definition) is 0. The molecule has 0 heterocycles. The molecule has 0 aromatic carbocycles. The van der Waals surface area contributed by atoms with Gasteiger partial charge in [0.1, 0.15) is 0 Å². The van der Waals surface area contributed by atoms with E-state index in [0.717, 1.165) is 0 Å². The molecule has 0 rings (SSSR count). The molecule has 0 aromatic rings. The molecule has 0 N–H and O–H groups in total. The van der Waals surface area contributed by atoms with Crippen LogP contribution in [0, 0.1) is 6.92 Å². The Labute approximate surface area is 42.2 Å². The molecule has 1 nitrogen and oxygen atoms in total. The van der Waals surface area contributed by atoms with Crippen molar-refractivity contribution in [2.45, 2.75) is 18.6 Å². The van der Waals surface area contributed by atoms with E-state index in [1.165, 1.54) is 0 Å². The molecule has 2 heteroatoms. The molecule has 6 heavy (non-hydrogen) atoms. The summed E-state index contributed by atoms with van der Waals surface area (Å²) in [6, 6.07) is 0. The van der Waals surface area contributed by atoms with Crippen LogP contribution in [0.3, 0.4) is 0 Å². The number of rotatable bonds is 1. The molecular weight excluding hydrogens is 96.1 g/mol. The van der Waals surface area contributed by atoms with E-state index in [0.29, 0.717) is 11.7 Å². The zero-order valence-corrected chi connectivity index (χ0v) is 4.84. The van der Waals surface area contributed by atoms with E-state index in [1.54, 1.807) is 13.8 Å². The van der Waals surface area contributed by atoms with E-state index in [1.807, 2.05) is 0 Å². The van der Waals surface area contributed by atoms with E-state index >= 15 is 0 Å². The molecule has 0 bridgehead atoms. The quantitative estimate of drug-likeness (QED) is 0.454. The fourth-order valence-corrected chi connectivity index (χ4v) is 0. The first kappa shape index (κ1) is 6.02. The van der Waals surface area contributed by atoms with Gasteiger partial charge < -0.3 is 0 Å². The molecule has 35 valence electrons. The number of hydrogen-bond acceptors (Lipinski definition) is 1. The molecular formula is C4H8OS+. The summed E-state index contributed by atoms with van der Waals surface area (Å²) in [6.07, 6.45) is 0. The third-order valence-electron chi connectivity index (χ3n) is 0.226. The van der Waals surface area contributed by atoms with Crippen LogP contribution in [-0.4, -0.2) is 4.75 Å². The van der Waals surface area contributed by atoms with E-state index < -0.39 is 0 Å². The summed E-state index contributed by atoms with van der Waals surface area (Å²) in [5.74, 6) is 0. The molecule has 0 amide bonds. The van der Waals surface area contributed by atoms with Crippen molar-refractivity contribution in [2.75, 3.05) is 0 Å². The Morgan fingerprint density at radius 2 is 1.83 bits per heavy atom. The lowest BCUT2D eigenvalue weighted by molar-refractivity contribution is 0.593. The highest BCUT2D eigenvalue weighted by Gasteiger charge is 2.24. The van der Waals surface area contributed by atoms with Crippen LogP contribution in [0.5, 0.6) is 0 Å². The molecule has 0 aliphatic carbocycles. The van der Waals surface area contributed by atoms with Crippen LogP contribution in [0.2, 0.25) is 0 Å². The lowest BCUT2D eigenvalue weighted by Crippen LogP contribution is -2.10. The minimum Gasteiger partial charge on any atom is -0.000248 e. The van der Waals surface area contributed by atoms with Gasteiger partial charge in [-0.25, -0.2) is 0 Å². The van der Waals surface area contributed by atoms with Gasteiger partial charge in [0, 0.05) is 11.1 Å². The fraction of sp³-hybridized carbons (Fsp3) is 0.750. The SMILES string of the molecule is [CH2]C(C)(C)[S+]=O. The van der Waals surface area contributed by atoms with Gasteiger partial charge in [0.2, 0.25) is 4.75 Å². The molecule has 0 fully saturated rings. The highest BCUT2D eigenvalue weighted by Crippen LogP contribution is 1.98. The Bertz CT molecular complexity index is 53.1. The molecule has 0 aliphatic rings. The first-order chi connectivity index (χ1) is 2.56. The van der Waals surface area contributed by atoms with Gasteiger partial charge in [0.15, 0.2) is 0 Å². The zero-order chi connectivity index (χ0) is 5.21. The summed E-state index contributed by atoms with van der Waals surface area (Å²) >= 11 is 0.521. The third kappa shape index (κ3) is 4.02. The maximum atomic E-state index is 9.81. The second-order valence-electron chi connectivity index (χ2n) is 1.84. The van der Waals surface area contributed by atoms with Crippen LogP contribution in [-0.2, 0) is 15.9 Å². The highest BCUT2D eigenvalue weighted by molar-refractivity contribution is 7.67. The minimum absolute atomic E-state index is 0.347. The molecule has 0 atom stereocenters. The molecule has 0 aromatic heterocycles. The van der Waals surface area contributed by atoms with E-state index in [2.05, 4.69) is 6.92 Å². The van der Waals surface area contributed by atoms with Gasteiger partial charge >= 0.3 is 11.7 Å². The van der Waals surface area contributed by atoms with Gasteiger partial charge in [-0.3, -0.25) is 0 Å². The maximum absolute atomic E-state index is 9.81. The Morgan fingerprint density at radius 1 is 1.67 bits per heavy atom. The molecule has 0 aliphatic heterocycles. The summed E-state index contributed by atoms with van der Waals surface area (Å²) < 4.78 is 9.46. The van der Waals surface area contributed by atoms with Crippen molar-refractivity contribution < 1.29 is 4.21 Å². The van der Waals surface area contributed by atoms with Gasteiger partial charge in [0.05, 0.1) is 0 Å². The summed E-state index contributed by atoms with van der Waals surface area (Å²) in [4.78, 5) is 0. The Balaban J connectivity index is 3.45. The van der Waals surface area contributed by atoms with Gasteiger partial charge in [-0.15, -0.1) is 0 Å². The van der Waals surface area contributed by atoms with Crippen molar-refractivity contribution in [1.82, 2.24) is 0 Å². The average Bonchev–Trinajstić information content (AvgIpc) is 1.35. The predicted molar refractivity (Wildman–Crippen MR) is 27.5 cm³/mol. The van der Waals surface area contributed by atoms with E-state index in [9.17, 15) is 4.21 Å². The standard InChI is InChI=1S/C4H8OS/c1-4(2,3)6-5/h1H2,2-3H3/q+1. The largest absolute Gasteiger partial charge is 0.464 e. The van der Waals surface area contributed by atoms with Crippen molar-refractivity contribution >= 4 is 11.7 Å². The fourth-order valence-electron chi connectivity index (χ4n) is 0. The highest BCUT2D eigenvalue weighted by atomic mass is 32.1. The van der Waals surface area contributed by atoms with Crippen LogP contribution < -0.4 is 0 Å². The molecule has 1 radical (unpaired) electrons. The van der Waals surface area contributed by atoms with E-state index in [4.69, 9.17) is 0 Å².